The fraction of sp³-hybridized carbons (Fsp3) is 0.400. The van der Waals surface area contributed by atoms with E-state index in [2.05, 4.69) is 10.1 Å². The maximum atomic E-state index is 6.02. The van der Waals surface area contributed by atoms with Crippen molar-refractivity contribution in [2.75, 3.05) is 31.2 Å². The van der Waals surface area contributed by atoms with Gasteiger partial charge in [0, 0.05) is 13.1 Å². The van der Waals surface area contributed by atoms with Gasteiger partial charge in [0.05, 0.1) is 18.2 Å². The Hall–Kier alpha value is -1.11. The first-order chi connectivity index (χ1) is 8.34. The van der Waals surface area contributed by atoms with E-state index in [0.29, 0.717) is 30.1 Å². The summed E-state index contributed by atoms with van der Waals surface area (Å²) >= 11 is 7.51. The predicted molar refractivity (Wildman–Crippen MR) is 65.7 cm³/mol. The van der Waals surface area contributed by atoms with Crippen molar-refractivity contribution in [1.82, 2.24) is 10.1 Å². The van der Waals surface area contributed by atoms with E-state index in [1.165, 1.54) is 11.3 Å². The number of aromatic nitrogens is 2. The fourth-order valence-corrected chi connectivity index (χ4v) is 2.70. The highest BCUT2D eigenvalue weighted by atomic mass is 35.5. The highest BCUT2D eigenvalue weighted by molar-refractivity contribution is 7.14. The van der Waals surface area contributed by atoms with Gasteiger partial charge in [-0.3, -0.25) is 0 Å². The van der Waals surface area contributed by atoms with Crippen molar-refractivity contribution in [3.8, 4) is 10.8 Å². The number of halogens is 1. The van der Waals surface area contributed by atoms with Crippen LogP contribution >= 0.6 is 22.9 Å². The number of nitrogens with zero attached hydrogens (tertiary/aromatic N) is 3. The zero-order valence-corrected chi connectivity index (χ0v) is 10.5. The van der Waals surface area contributed by atoms with E-state index in [1.807, 2.05) is 16.3 Å². The highest BCUT2D eigenvalue weighted by Gasteiger charge is 2.19. The monoisotopic (exact) mass is 271 g/mol. The van der Waals surface area contributed by atoms with Crippen LogP contribution in [0.1, 0.15) is 0 Å². The molecule has 0 unspecified atom stereocenters. The van der Waals surface area contributed by atoms with Crippen LogP contribution in [0.4, 0.5) is 5.95 Å². The van der Waals surface area contributed by atoms with Gasteiger partial charge in [-0.1, -0.05) is 11.6 Å². The number of ether oxygens (including phenoxy) is 1. The summed E-state index contributed by atoms with van der Waals surface area (Å²) in [6, 6.07) is 1.82. The molecule has 0 N–H and O–H groups in total. The number of hydrogen-bond acceptors (Lipinski definition) is 6. The Balaban J connectivity index is 1.85. The molecule has 0 bridgehead atoms. The fourth-order valence-electron chi connectivity index (χ4n) is 1.65. The summed E-state index contributed by atoms with van der Waals surface area (Å²) in [7, 11) is 0. The molecule has 1 aliphatic heterocycles. The SMILES string of the molecule is Clc1ccsc1-c1nc(N2CCOCC2)no1. The van der Waals surface area contributed by atoms with Crippen LogP contribution in [0.3, 0.4) is 0 Å². The van der Waals surface area contributed by atoms with E-state index in [-0.39, 0.29) is 0 Å². The van der Waals surface area contributed by atoms with Crippen LogP contribution in [0.25, 0.3) is 10.8 Å². The van der Waals surface area contributed by atoms with Gasteiger partial charge in [0.2, 0.25) is 0 Å². The normalized spacial score (nSPS) is 16.4. The molecule has 0 radical (unpaired) electrons. The lowest BCUT2D eigenvalue weighted by molar-refractivity contribution is 0.121. The molecule has 0 atom stereocenters. The van der Waals surface area contributed by atoms with Crippen molar-refractivity contribution < 1.29 is 9.26 Å². The molecule has 0 aromatic carbocycles. The third-order valence-electron chi connectivity index (χ3n) is 2.52. The standard InChI is InChI=1S/C10H10ClN3O2S/c11-7-1-6-17-8(7)9-12-10(13-16-9)14-2-4-15-5-3-14/h1,6H,2-5H2. The Labute approximate surface area is 107 Å². The molecule has 0 amide bonds. The Morgan fingerprint density at radius 3 is 2.88 bits per heavy atom. The van der Waals surface area contributed by atoms with Gasteiger partial charge < -0.3 is 14.2 Å². The molecule has 1 aliphatic rings. The van der Waals surface area contributed by atoms with E-state index in [1.54, 1.807) is 0 Å². The average Bonchev–Trinajstić information content (AvgIpc) is 2.98. The van der Waals surface area contributed by atoms with Crippen LogP contribution < -0.4 is 4.90 Å². The summed E-state index contributed by atoms with van der Waals surface area (Å²) < 4.78 is 10.5. The number of anilines is 1. The van der Waals surface area contributed by atoms with Gasteiger partial charge in [0.15, 0.2) is 0 Å². The van der Waals surface area contributed by atoms with Crippen LogP contribution in [0.5, 0.6) is 0 Å². The molecule has 3 rings (SSSR count). The van der Waals surface area contributed by atoms with Gasteiger partial charge in [0.1, 0.15) is 4.88 Å². The predicted octanol–water partition coefficient (Wildman–Crippen LogP) is 2.29. The summed E-state index contributed by atoms with van der Waals surface area (Å²) in [4.78, 5) is 7.21. The largest absolute Gasteiger partial charge is 0.378 e. The minimum Gasteiger partial charge on any atom is -0.378 e. The summed E-state index contributed by atoms with van der Waals surface area (Å²) in [5.74, 6) is 1.08. The average molecular weight is 272 g/mol. The van der Waals surface area contributed by atoms with E-state index in [9.17, 15) is 0 Å². The van der Waals surface area contributed by atoms with Crippen molar-refractivity contribution in [1.29, 1.82) is 0 Å². The second kappa shape index (κ2) is 4.64. The minimum atomic E-state index is 0.478. The summed E-state index contributed by atoms with van der Waals surface area (Å²) in [6.07, 6.45) is 0. The topological polar surface area (TPSA) is 51.4 Å². The van der Waals surface area contributed by atoms with Crippen LogP contribution in [0.2, 0.25) is 5.02 Å². The Morgan fingerprint density at radius 1 is 1.35 bits per heavy atom. The lowest BCUT2D eigenvalue weighted by Gasteiger charge is -2.24. The molecule has 2 aromatic rings. The van der Waals surface area contributed by atoms with E-state index in [4.69, 9.17) is 20.9 Å². The molecule has 1 fully saturated rings. The Kier molecular flexibility index (Phi) is 3.00. The van der Waals surface area contributed by atoms with E-state index < -0.39 is 0 Å². The number of morpholine rings is 1. The van der Waals surface area contributed by atoms with Gasteiger partial charge in [-0.15, -0.1) is 11.3 Å². The molecule has 5 nitrogen and oxygen atoms in total. The van der Waals surface area contributed by atoms with Crippen LogP contribution in [0.15, 0.2) is 16.0 Å². The Morgan fingerprint density at radius 2 is 2.18 bits per heavy atom. The zero-order valence-electron chi connectivity index (χ0n) is 8.93. The molecule has 7 heteroatoms. The third kappa shape index (κ3) is 2.15. The maximum Gasteiger partial charge on any atom is 0.271 e. The lowest BCUT2D eigenvalue weighted by atomic mass is 10.4. The molecular formula is C10H10ClN3O2S. The van der Waals surface area contributed by atoms with Gasteiger partial charge in [0.25, 0.3) is 11.8 Å². The molecule has 90 valence electrons. The zero-order chi connectivity index (χ0) is 11.7. The first-order valence-corrected chi connectivity index (χ1v) is 6.50. The number of thiophene rings is 1. The first-order valence-electron chi connectivity index (χ1n) is 5.24. The quantitative estimate of drug-likeness (QED) is 0.839. The second-order valence-electron chi connectivity index (χ2n) is 3.60. The van der Waals surface area contributed by atoms with Gasteiger partial charge in [-0.05, 0) is 16.6 Å². The van der Waals surface area contributed by atoms with Gasteiger partial charge in [-0.25, -0.2) is 0 Å². The number of hydrogen-bond donors (Lipinski definition) is 0. The smallest absolute Gasteiger partial charge is 0.271 e. The minimum absolute atomic E-state index is 0.478. The molecular weight excluding hydrogens is 262 g/mol. The van der Waals surface area contributed by atoms with E-state index >= 15 is 0 Å². The molecule has 17 heavy (non-hydrogen) atoms. The van der Waals surface area contributed by atoms with Crippen molar-refractivity contribution in [2.45, 2.75) is 0 Å². The third-order valence-corrected chi connectivity index (χ3v) is 3.85. The van der Waals surface area contributed by atoms with Crippen LogP contribution in [0, 0.1) is 0 Å². The first kappa shape index (κ1) is 11.0. The highest BCUT2D eigenvalue weighted by Crippen LogP contribution is 2.32. The van der Waals surface area contributed by atoms with Gasteiger partial charge >= 0.3 is 0 Å². The summed E-state index contributed by atoms with van der Waals surface area (Å²) in [6.45, 7) is 2.97. The molecule has 2 aromatic heterocycles. The van der Waals surface area contributed by atoms with Gasteiger partial charge in [-0.2, -0.15) is 4.98 Å². The van der Waals surface area contributed by atoms with Crippen molar-refractivity contribution in [3.63, 3.8) is 0 Å². The molecule has 0 spiro atoms. The molecule has 1 saturated heterocycles. The maximum absolute atomic E-state index is 6.02. The Bertz CT molecular complexity index is 507. The van der Waals surface area contributed by atoms with Crippen LogP contribution in [-0.2, 0) is 4.74 Å². The molecule has 0 aliphatic carbocycles. The molecule has 0 saturated carbocycles. The summed E-state index contributed by atoms with van der Waals surface area (Å²) in [5.41, 5.74) is 0. The number of rotatable bonds is 2. The van der Waals surface area contributed by atoms with Crippen LogP contribution in [-0.4, -0.2) is 36.4 Å². The van der Waals surface area contributed by atoms with Crippen molar-refractivity contribution in [3.05, 3.63) is 16.5 Å². The lowest BCUT2D eigenvalue weighted by Crippen LogP contribution is -2.36. The van der Waals surface area contributed by atoms with Crippen molar-refractivity contribution in [2.24, 2.45) is 0 Å². The second-order valence-corrected chi connectivity index (χ2v) is 4.92. The molecule has 3 heterocycles. The summed E-state index contributed by atoms with van der Waals surface area (Å²) in [5, 5.41) is 6.51. The van der Waals surface area contributed by atoms with Crippen molar-refractivity contribution >= 4 is 28.9 Å². The van der Waals surface area contributed by atoms with E-state index in [0.717, 1.165) is 18.0 Å².